The van der Waals surface area contributed by atoms with Crippen LogP contribution in [0.25, 0.3) is 0 Å². The maximum atomic E-state index is 12.1. The molecular formula is C16H27N5O2. The number of hydrogen-bond acceptors (Lipinski definition) is 5. The zero-order chi connectivity index (χ0) is 16.1. The van der Waals surface area contributed by atoms with Crippen LogP contribution in [0.1, 0.15) is 56.3 Å². The van der Waals surface area contributed by atoms with E-state index >= 15 is 0 Å². The second-order valence-electron chi connectivity index (χ2n) is 6.59. The summed E-state index contributed by atoms with van der Waals surface area (Å²) in [4.78, 5) is 18.7. The van der Waals surface area contributed by atoms with E-state index in [9.17, 15) is 4.79 Å². The molecule has 3 rings (SSSR count). The van der Waals surface area contributed by atoms with Crippen molar-refractivity contribution in [3.8, 4) is 0 Å². The molecule has 1 aromatic heterocycles. The number of ether oxygens (including phenoxy) is 1. The van der Waals surface area contributed by atoms with Crippen molar-refractivity contribution in [2.24, 2.45) is 0 Å². The molecule has 0 unspecified atom stereocenters. The molecule has 0 radical (unpaired) electrons. The summed E-state index contributed by atoms with van der Waals surface area (Å²) < 4.78 is 5.75. The number of nitrogens with zero attached hydrogens (tertiary/aromatic N) is 3. The van der Waals surface area contributed by atoms with Crippen molar-refractivity contribution in [2.45, 2.75) is 57.6 Å². The lowest BCUT2D eigenvalue weighted by atomic mass is 9.95. The van der Waals surface area contributed by atoms with Crippen molar-refractivity contribution in [1.82, 2.24) is 25.4 Å². The largest absolute Gasteiger partial charge is 0.367 e. The molecule has 2 heterocycles. The molecule has 2 aliphatic rings. The third-order valence-corrected chi connectivity index (χ3v) is 4.68. The number of aromatic nitrogens is 3. The Morgan fingerprint density at radius 2 is 2.22 bits per heavy atom. The van der Waals surface area contributed by atoms with Gasteiger partial charge in [0.15, 0.2) is 5.82 Å². The highest BCUT2D eigenvalue weighted by Crippen LogP contribution is 2.19. The van der Waals surface area contributed by atoms with E-state index in [-0.39, 0.29) is 12.0 Å². The molecular weight excluding hydrogens is 294 g/mol. The van der Waals surface area contributed by atoms with E-state index in [2.05, 4.69) is 25.4 Å². The van der Waals surface area contributed by atoms with Crippen LogP contribution in [0.5, 0.6) is 0 Å². The molecule has 1 aliphatic heterocycles. The highest BCUT2D eigenvalue weighted by atomic mass is 16.5. The third kappa shape index (κ3) is 4.75. The summed E-state index contributed by atoms with van der Waals surface area (Å²) in [6.07, 6.45) is 6.51. The fourth-order valence-electron chi connectivity index (χ4n) is 3.37. The Kier molecular flexibility index (Phi) is 5.61. The Hall–Kier alpha value is -1.47. The Bertz CT molecular complexity index is 512. The monoisotopic (exact) mass is 321 g/mol. The van der Waals surface area contributed by atoms with Gasteiger partial charge in [-0.2, -0.15) is 5.10 Å². The van der Waals surface area contributed by atoms with Crippen molar-refractivity contribution in [1.29, 1.82) is 0 Å². The number of carbonyl (C=O) groups is 1. The van der Waals surface area contributed by atoms with Crippen molar-refractivity contribution in [3.05, 3.63) is 11.6 Å². The van der Waals surface area contributed by atoms with Crippen LogP contribution in [0.15, 0.2) is 0 Å². The molecule has 7 nitrogen and oxygen atoms in total. The number of rotatable bonds is 5. The van der Waals surface area contributed by atoms with E-state index in [4.69, 9.17) is 4.74 Å². The SMILES string of the molecule is Cc1nc([C@@H]2CN(CCC(=O)NC3CCCCC3)CCO2)n[nH]1. The van der Waals surface area contributed by atoms with Gasteiger partial charge in [-0.25, -0.2) is 4.98 Å². The lowest BCUT2D eigenvalue weighted by Gasteiger charge is -2.31. The van der Waals surface area contributed by atoms with Crippen LogP contribution >= 0.6 is 0 Å². The number of nitrogens with one attached hydrogen (secondary N) is 2. The van der Waals surface area contributed by atoms with Crippen LogP contribution in [0.3, 0.4) is 0 Å². The fourth-order valence-corrected chi connectivity index (χ4v) is 3.37. The molecule has 1 amide bonds. The highest BCUT2D eigenvalue weighted by molar-refractivity contribution is 5.76. The second-order valence-corrected chi connectivity index (χ2v) is 6.59. The topological polar surface area (TPSA) is 83.1 Å². The molecule has 7 heteroatoms. The van der Waals surface area contributed by atoms with Gasteiger partial charge in [-0.15, -0.1) is 0 Å². The molecule has 2 fully saturated rings. The molecule has 0 aromatic carbocycles. The number of aryl methyl sites for hydroxylation is 1. The summed E-state index contributed by atoms with van der Waals surface area (Å²) in [5.41, 5.74) is 0. The molecule has 0 bridgehead atoms. The van der Waals surface area contributed by atoms with Crippen molar-refractivity contribution in [2.75, 3.05) is 26.2 Å². The minimum absolute atomic E-state index is 0.102. The number of hydrogen-bond donors (Lipinski definition) is 2. The zero-order valence-electron chi connectivity index (χ0n) is 13.9. The van der Waals surface area contributed by atoms with Gasteiger partial charge < -0.3 is 10.1 Å². The van der Waals surface area contributed by atoms with Crippen molar-refractivity contribution >= 4 is 5.91 Å². The number of H-pyrrole nitrogens is 1. The molecule has 0 spiro atoms. The van der Waals surface area contributed by atoms with Crippen LogP contribution in [0.4, 0.5) is 0 Å². The molecule has 128 valence electrons. The van der Waals surface area contributed by atoms with Gasteiger partial charge in [0.25, 0.3) is 0 Å². The Morgan fingerprint density at radius 3 is 2.96 bits per heavy atom. The summed E-state index contributed by atoms with van der Waals surface area (Å²) in [6, 6.07) is 0.393. The summed E-state index contributed by atoms with van der Waals surface area (Å²) in [6.45, 7) is 4.90. The first-order valence-electron chi connectivity index (χ1n) is 8.73. The number of aromatic amines is 1. The average Bonchev–Trinajstić information content (AvgIpc) is 3.01. The van der Waals surface area contributed by atoms with Gasteiger partial charge in [0.05, 0.1) is 6.61 Å². The van der Waals surface area contributed by atoms with Crippen LogP contribution < -0.4 is 5.32 Å². The van der Waals surface area contributed by atoms with Gasteiger partial charge in [0.2, 0.25) is 5.91 Å². The molecule has 1 aliphatic carbocycles. The maximum absolute atomic E-state index is 12.1. The van der Waals surface area contributed by atoms with Gasteiger partial charge in [-0.3, -0.25) is 14.8 Å². The standard InChI is InChI=1S/C16H27N5O2/c1-12-17-16(20-19-12)14-11-21(9-10-23-14)8-7-15(22)18-13-5-3-2-4-6-13/h13-14H,2-11H2,1H3,(H,18,22)(H,17,19,20)/t14-/m0/s1. The minimum Gasteiger partial charge on any atom is -0.367 e. The van der Waals surface area contributed by atoms with Gasteiger partial charge in [0, 0.05) is 32.1 Å². The number of amides is 1. The van der Waals surface area contributed by atoms with Crippen molar-refractivity contribution in [3.63, 3.8) is 0 Å². The Labute approximate surface area is 137 Å². The smallest absolute Gasteiger partial charge is 0.221 e. The van der Waals surface area contributed by atoms with E-state index in [1.807, 2.05) is 6.92 Å². The maximum Gasteiger partial charge on any atom is 0.221 e. The summed E-state index contributed by atoms with van der Waals surface area (Å²) in [5.74, 6) is 1.68. The van der Waals surface area contributed by atoms with E-state index in [0.717, 1.165) is 38.3 Å². The Balaban J connectivity index is 1.41. The molecule has 2 N–H and O–H groups in total. The van der Waals surface area contributed by atoms with Gasteiger partial charge >= 0.3 is 0 Å². The first kappa shape index (κ1) is 16.4. The second kappa shape index (κ2) is 7.88. The normalized spacial score (nSPS) is 23.8. The van der Waals surface area contributed by atoms with Gasteiger partial charge in [0.1, 0.15) is 11.9 Å². The van der Waals surface area contributed by atoms with E-state index in [0.29, 0.717) is 24.9 Å². The first-order valence-corrected chi connectivity index (χ1v) is 8.73. The fraction of sp³-hybridized carbons (Fsp3) is 0.812. The highest BCUT2D eigenvalue weighted by Gasteiger charge is 2.25. The van der Waals surface area contributed by atoms with Gasteiger partial charge in [-0.05, 0) is 19.8 Å². The number of carbonyl (C=O) groups excluding carboxylic acids is 1. The minimum atomic E-state index is -0.102. The molecule has 1 saturated carbocycles. The summed E-state index contributed by atoms with van der Waals surface area (Å²) in [5, 5.41) is 10.2. The summed E-state index contributed by atoms with van der Waals surface area (Å²) in [7, 11) is 0. The number of morpholine rings is 1. The Morgan fingerprint density at radius 1 is 1.39 bits per heavy atom. The van der Waals surface area contributed by atoms with Crippen LogP contribution in [-0.2, 0) is 9.53 Å². The molecule has 1 aromatic rings. The van der Waals surface area contributed by atoms with Crippen LogP contribution in [0, 0.1) is 6.92 Å². The quantitative estimate of drug-likeness (QED) is 0.855. The van der Waals surface area contributed by atoms with Crippen molar-refractivity contribution < 1.29 is 9.53 Å². The third-order valence-electron chi connectivity index (χ3n) is 4.68. The van der Waals surface area contributed by atoms with Gasteiger partial charge in [-0.1, -0.05) is 19.3 Å². The van der Waals surface area contributed by atoms with E-state index in [1.54, 1.807) is 0 Å². The average molecular weight is 321 g/mol. The molecule has 1 saturated heterocycles. The zero-order valence-corrected chi connectivity index (χ0v) is 13.9. The lowest BCUT2D eigenvalue weighted by molar-refractivity contribution is -0.122. The summed E-state index contributed by atoms with van der Waals surface area (Å²) >= 11 is 0. The van der Waals surface area contributed by atoms with E-state index < -0.39 is 0 Å². The lowest BCUT2D eigenvalue weighted by Crippen LogP contribution is -2.42. The molecule has 1 atom stereocenters. The molecule has 23 heavy (non-hydrogen) atoms. The predicted octanol–water partition coefficient (Wildman–Crippen LogP) is 1.33. The van der Waals surface area contributed by atoms with Crippen LogP contribution in [0.2, 0.25) is 0 Å². The predicted molar refractivity (Wildman–Crippen MR) is 85.9 cm³/mol. The first-order chi connectivity index (χ1) is 11.2. The van der Waals surface area contributed by atoms with Crippen LogP contribution in [-0.4, -0.2) is 58.3 Å². The van der Waals surface area contributed by atoms with E-state index in [1.165, 1.54) is 19.3 Å².